The molecule has 0 aliphatic carbocycles. The summed E-state index contributed by atoms with van der Waals surface area (Å²) in [7, 11) is 0. The van der Waals surface area contributed by atoms with Crippen molar-refractivity contribution < 1.29 is 9.47 Å². The molecule has 1 aliphatic heterocycles. The van der Waals surface area contributed by atoms with Crippen molar-refractivity contribution in [2.45, 2.75) is 19.1 Å². The maximum atomic E-state index is 5.42. The first-order chi connectivity index (χ1) is 5.20. The van der Waals surface area contributed by atoms with E-state index in [9.17, 15) is 0 Å². The fourth-order valence-electron chi connectivity index (χ4n) is 0.863. The quantitative estimate of drug-likeness (QED) is 0.524. The topological polar surface area (TPSA) is 18.5 Å². The van der Waals surface area contributed by atoms with Crippen LogP contribution in [0.15, 0.2) is 0 Å². The molecule has 0 atom stereocenters. The predicted molar refractivity (Wildman–Crippen MR) is 41.5 cm³/mol. The maximum absolute atomic E-state index is 5.42. The van der Waals surface area contributed by atoms with Crippen molar-refractivity contribution in [3.8, 4) is 12.3 Å². The Morgan fingerprint density at radius 2 is 2.09 bits per heavy atom. The molecule has 1 aliphatic rings. The first-order valence-corrected chi connectivity index (χ1v) is 3.66. The van der Waals surface area contributed by atoms with E-state index < -0.39 is 5.79 Å². The van der Waals surface area contributed by atoms with Crippen molar-refractivity contribution in [2.24, 2.45) is 5.92 Å². The summed E-state index contributed by atoms with van der Waals surface area (Å²) in [6.07, 6.45) is 5.78. The van der Waals surface area contributed by atoms with Crippen molar-refractivity contribution in [1.29, 1.82) is 0 Å². The standard InChI is InChI=1S/C9H12O2/c1-4-8-6-10-9(3,5-2)11-7-8/h1-2,8H,4,6-7H2,3H3. The zero-order chi connectivity index (χ0) is 8.32. The molecule has 1 heterocycles. The van der Waals surface area contributed by atoms with Gasteiger partial charge in [0.15, 0.2) is 0 Å². The Bertz CT molecular complexity index is 161. The Balaban J connectivity index is 2.43. The molecule has 2 heteroatoms. The summed E-state index contributed by atoms with van der Waals surface area (Å²) in [6.45, 7) is 8.35. The van der Waals surface area contributed by atoms with Gasteiger partial charge in [-0.25, -0.2) is 0 Å². The fourth-order valence-corrected chi connectivity index (χ4v) is 0.863. The average molecular weight is 152 g/mol. The third kappa shape index (κ3) is 1.95. The zero-order valence-corrected chi connectivity index (χ0v) is 6.67. The van der Waals surface area contributed by atoms with Crippen LogP contribution in [0.25, 0.3) is 0 Å². The van der Waals surface area contributed by atoms with Gasteiger partial charge in [0, 0.05) is 12.8 Å². The molecule has 0 N–H and O–H groups in total. The molecule has 1 fully saturated rings. The second kappa shape index (κ2) is 3.25. The highest BCUT2D eigenvalue weighted by molar-refractivity contribution is 5.00. The van der Waals surface area contributed by atoms with E-state index in [1.807, 2.05) is 0 Å². The van der Waals surface area contributed by atoms with Crippen LogP contribution in [0.3, 0.4) is 0 Å². The summed E-state index contributed by atoms with van der Waals surface area (Å²) < 4.78 is 10.6. The van der Waals surface area contributed by atoms with Crippen LogP contribution in [0.4, 0.5) is 0 Å². The minimum absolute atomic E-state index is 0.288. The van der Waals surface area contributed by atoms with Crippen molar-refractivity contribution >= 4 is 0 Å². The lowest BCUT2D eigenvalue weighted by Gasteiger charge is -2.33. The maximum Gasteiger partial charge on any atom is 0.230 e. The van der Waals surface area contributed by atoms with Gasteiger partial charge in [0.25, 0.3) is 0 Å². The number of hydrogen-bond acceptors (Lipinski definition) is 2. The van der Waals surface area contributed by atoms with E-state index in [2.05, 4.69) is 5.92 Å². The van der Waals surface area contributed by atoms with E-state index in [4.69, 9.17) is 22.8 Å². The summed E-state index contributed by atoms with van der Waals surface area (Å²) >= 11 is 0. The molecule has 1 rings (SSSR count). The number of ether oxygens (including phenoxy) is 2. The van der Waals surface area contributed by atoms with Crippen LogP contribution in [0.2, 0.25) is 0 Å². The highest BCUT2D eigenvalue weighted by atomic mass is 16.7. The molecule has 0 aromatic heterocycles. The van der Waals surface area contributed by atoms with Gasteiger partial charge in [0.1, 0.15) is 0 Å². The molecule has 1 saturated heterocycles. The Kier molecular flexibility index (Phi) is 2.53. The highest BCUT2D eigenvalue weighted by Gasteiger charge is 2.29. The number of rotatable bonds is 1. The van der Waals surface area contributed by atoms with Crippen molar-refractivity contribution in [3.63, 3.8) is 0 Å². The Morgan fingerprint density at radius 1 is 1.55 bits per heavy atom. The SMILES string of the molecule is [CH]CC1COC(C)(C#C)OC1. The zero-order valence-electron chi connectivity index (χ0n) is 6.67. The van der Waals surface area contributed by atoms with Crippen molar-refractivity contribution in [1.82, 2.24) is 0 Å². The summed E-state index contributed by atoms with van der Waals surface area (Å²) in [6, 6.07) is 0. The molecule has 0 aromatic rings. The molecular weight excluding hydrogens is 140 g/mol. The monoisotopic (exact) mass is 152 g/mol. The molecule has 0 spiro atoms. The molecule has 0 aromatic carbocycles. The smallest absolute Gasteiger partial charge is 0.230 e. The van der Waals surface area contributed by atoms with Crippen LogP contribution in [-0.2, 0) is 9.47 Å². The molecule has 60 valence electrons. The molecule has 0 saturated carbocycles. The van der Waals surface area contributed by atoms with Gasteiger partial charge in [-0.05, 0) is 19.3 Å². The third-order valence-electron chi connectivity index (χ3n) is 1.78. The highest BCUT2D eigenvalue weighted by Crippen LogP contribution is 2.21. The van der Waals surface area contributed by atoms with E-state index in [1.165, 1.54) is 0 Å². The minimum Gasteiger partial charge on any atom is -0.340 e. The molecule has 0 amide bonds. The van der Waals surface area contributed by atoms with E-state index in [0.717, 1.165) is 0 Å². The lowest BCUT2D eigenvalue weighted by molar-refractivity contribution is -0.237. The van der Waals surface area contributed by atoms with Gasteiger partial charge in [-0.15, -0.1) is 6.42 Å². The van der Waals surface area contributed by atoms with E-state index in [1.54, 1.807) is 6.92 Å². The van der Waals surface area contributed by atoms with Gasteiger partial charge >= 0.3 is 0 Å². The molecule has 0 unspecified atom stereocenters. The summed E-state index contributed by atoms with van der Waals surface area (Å²) in [5, 5.41) is 0. The Hall–Kier alpha value is -0.520. The van der Waals surface area contributed by atoms with Crippen LogP contribution in [0.5, 0.6) is 0 Å². The van der Waals surface area contributed by atoms with Crippen molar-refractivity contribution in [2.75, 3.05) is 13.2 Å². The molecule has 11 heavy (non-hydrogen) atoms. The van der Waals surface area contributed by atoms with E-state index in [-0.39, 0.29) is 5.92 Å². The van der Waals surface area contributed by atoms with Gasteiger partial charge in [0.05, 0.1) is 13.2 Å². The lowest BCUT2D eigenvalue weighted by atomic mass is 10.1. The Labute approximate surface area is 67.9 Å². The molecule has 2 radical (unpaired) electrons. The second-order valence-electron chi connectivity index (χ2n) is 2.81. The van der Waals surface area contributed by atoms with Crippen LogP contribution < -0.4 is 0 Å². The van der Waals surface area contributed by atoms with Gasteiger partial charge in [-0.3, -0.25) is 0 Å². The van der Waals surface area contributed by atoms with Gasteiger partial charge in [0.2, 0.25) is 5.79 Å². The first-order valence-electron chi connectivity index (χ1n) is 3.66. The van der Waals surface area contributed by atoms with Gasteiger partial charge in [-0.1, -0.05) is 0 Å². The summed E-state index contributed by atoms with van der Waals surface area (Å²) in [5.74, 6) is 1.90. The van der Waals surface area contributed by atoms with Crippen molar-refractivity contribution in [3.05, 3.63) is 6.92 Å². The summed E-state index contributed by atoms with van der Waals surface area (Å²) in [4.78, 5) is 0. The van der Waals surface area contributed by atoms with Gasteiger partial charge in [-0.2, -0.15) is 0 Å². The van der Waals surface area contributed by atoms with Crippen LogP contribution in [0, 0.1) is 25.2 Å². The molecular formula is C9H12O2. The number of hydrogen-bond donors (Lipinski definition) is 0. The predicted octanol–water partition coefficient (Wildman–Crippen LogP) is 1.10. The van der Waals surface area contributed by atoms with E-state index >= 15 is 0 Å². The second-order valence-corrected chi connectivity index (χ2v) is 2.81. The first kappa shape index (κ1) is 8.58. The minimum atomic E-state index is -0.828. The van der Waals surface area contributed by atoms with Crippen LogP contribution in [0.1, 0.15) is 13.3 Å². The third-order valence-corrected chi connectivity index (χ3v) is 1.78. The average Bonchev–Trinajstić information content (AvgIpc) is 2.06. The van der Waals surface area contributed by atoms with Gasteiger partial charge < -0.3 is 9.47 Å². The van der Waals surface area contributed by atoms with E-state index in [0.29, 0.717) is 19.6 Å². The lowest BCUT2D eigenvalue weighted by Crippen LogP contribution is -2.40. The van der Waals surface area contributed by atoms with Crippen LogP contribution in [-0.4, -0.2) is 19.0 Å². The van der Waals surface area contributed by atoms with Crippen LogP contribution >= 0.6 is 0 Å². The summed E-state index contributed by atoms with van der Waals surface area (Å²) in [5.41, 5.74) is 0. The Morgan fingerprint density at radius 3 is 2.45 bits per heavy atom. The largest absolute Gasteiger partial charge is 0.340 e. The normalized spacial score (nSPS) is 38.1. The molecule has 0 bridgehead atoms. The molecule has 2 nitrogen and oxygen atoms in total. The number of terminal acetylenes is 1. The fraction of sp³-hybridized carbons (Fsp3) is 0.667.